The number of hydrogen-bond acceptors (Lipinski definition) is 3. The summed E-state index contributed by atoms with van der Waals surface area (Å²) in [6.07, 6.45) is 0.797. The number of likely N-dealkylation sites (tertiary alicyclic amines) is 1. The number of halogens is 1. The number of hydrogen-bond donors (Lipinski definition) is 1. The van der Waals surface area contributed by atoms with Gasteiger partial charge in [-0.3, -0.25) is 4.79 Å². The molecule has 0 aliphatic carbocycles. The Morgan fingerprint density at radius 2 is 2.31 bits per heavy atom. The van der Waals surface area contributed by atoms with Crippen LogP contribution >= 0.6 is 0 Å². The molecule has 1 heterocycles. The smallest absolute Gasteiger partial charge is 0.209 e. The van der Waals surface area contributed by atoms with Crippen LogP contribution in [-0.2, 0) is 16.1 Å². The minimum absolute atomic E-state index is 0.0159. The van der Waals surface area contributed by atoms with Gasteiger partial charge in [0.15, 0.2) is 0 Å². The number of nitrogens with zero attached hydrogens (tertiary/aromatic N) is 1. The second-order valence-electron chi connectivity index (χ2n) is 3.84. The van der Waals surface area contributed by atoms with E-state index in [2.05, 4.69) is 0 Å². The first-order valence-corrected chi connectivity index (χ1v) is 5.04. The van der Waals surface area contributed by atoms with Gasteiger partial charge < -0.3 is 15.4 Å². The van der Waals surface area contributed by atoms with E-state index >= 15 is 0 Å². The lowest BCUT2D eigenvalue weighted by Gasteiger charge is -2.35. The van der Waals surface area contributed by atoms with Crippen molar-refractivity contribution in [2.45, 2.75) is 12.7 Å². The van der Waals surface area contributed by atoms with Crippen LogP contribution in [0.1, 0.15) is 5.56 Å². The van der Waals surface area contributed by atoms with Crippen LogP contribution in [0, 0.1) is 5.82 Å². The molecule has 1 aromatic rings. The zero-order valence-corrected chi connectivity index (χ0v) is 8.73. The molecule has 0 spiro atoms. The van der Waals surface area contributed by atoms with E-state index < -0.39 is 0 Å². The first kappa shape index (κ1) is 10.9. The lowest BCUT2D eigenvalue weighted by Crippen LogP contribution is -2.51. The second-order valence-corrected chi connectivity index (χ2v) is 3.84. The van der Waals surface area contributed by atoms with Gasteiger partial charge in [-0.2, -0.15) is 0 Å². The average Bonchev–Trinajstić information content (AvgIpc) is 2.18. The van der Waals surface area contributed by atoms with E-state index in [4.69, 9.17) is 10.5 Å². The molecule has 2 N–H and O–H groups in total. The number of nitrogens with two attached hydrogens (primary N) is 1. The molecule has 4 nitrogen and oxygen atoms in total. The van der Waals surface area contributed by atoms with Crippen molar-refractivity contribution in [3.05, 3.63) is 29.6 Å². The maximum atomic E-state index is 13.3. The molecule has 0 bridgehead atoms. The predicted octanol–water partition coefficient (Wildman–Crippen LogP) is 0.765. The van der Waals surface area contributed by atoms with Crippen LogP contribution in [0.2, 0.25) is 0 Å². The Labute approximate surface area is 92.8 Å². The van der Waals surface area contributed by atoms with E-state index in [0.29, 0.717) is 24.3 Å². The minimum Gasteiger partial charge on any atom is -0.399 e. The third-order valence-corrected chi connectivity index (χ3v) is 2.58. The highest BCUT2D eigenvalue weighted by atomic mass is 19.1. The van der Waals surface area contributed by atoms with E-state index in [1.807, 2.05) is 0 Å². The normalized spacial score (nSPS) is 15.9. The molecular formula is C11H13FN2O2. The summed E-state index contributed by atoms with van der Waals surface area (Å²) >= 11 is 0. The van der Waals surface area contributed by atoms with E-state index in [1.54, 1.807) is 17.0 Å². The fraction of sp³-hybridized carbons (Fsp3) is 0.364. The highest BCUT2D eigenvalue weighted by molar-refractivity contribution is 5.48. The summed E-state index contributed by atoms with van der Waals surface area (Å²) in [5.74, 6) is -0.355. The zero-order chi connectivity index (χ0) is 11.5. The number of anilines is 1. The van der Waals surface area contributed by atoms with Gasteiger partial charge in [0.2, 0.25) is 6.41 Å². The van der Waals surface area contributed by atoms with Gasteiger partial charge in [-0.15, -0.1) is 0 Å². The van der Waals surface area contributed by atoms with Crippen molar-refractivity contribution in [2.24, 2.45) is 0 Å². The van der Waals surface area contributed by atoms with Crippen molar-refractivity contribution in [3.8, 4) is 0 Å². The van der Waals surface area contributed by atoms with Crippen LogP contribution in [0.15, 0.2) is 18.2 Å². The molecule has 0 radical (unpaired) electrons. The number of amides is 1. The molecule has 86 valence electrons. The molecule has 0 atom stereocenters. The Morgan fingerprint density at radius 3 is 2.94 bits per heavy atom. The highest BCUT2D eigenvalue weighted by Gasteiger charge is 2.25. The summed E-state index contributed by atoms with van der Waals surface area (Å²) in [7, 11) is 0. The standard InChI is InChI=1S/C11H13FN2O2/c12-11-3-9(13)2-1-8(11)6-16-10-4-14(5-10)7-15/h1-3,7,10H,4-6,13H2. The topological polar surface area (TPSA) is 55.6 Å². The SMILES string of the molecule is Nc1ccc(COC2CN(C=O)C2)c(F)c1. The van der Waals surface area contributed by atoms with Crippen LogP contribution in [0.4, 0.5) is 10.1 Å². The van der Waals surface area contributed by atoms with Crippen LogP contribution in [0.25, 0.3) is 0 Å². The number of carbonyl (C=O) groups excluding carboxylic acids is 1. The second kappa shape index (κ2) is 4.49. The molecule has 0 saturated carbocycles. The van der Waals surface area contributed by atoms with Gasteiger partial charge in [0.1, 0.15) is 5.82 Å². The molecule has 1 aliphatic rings. The highest BCUT2D eigenvalue weighted by Crippen LogP contribution is 2.16. The lowest BCUT2D eigenvalue weighted by atomic mass is 10.1. The number of carbonyl (C=O) groups is 1. The Hall–Kier alpha value is -1.62. The summed E-state index contributed by atoms with van der Waals surface area (Å²) in [4.78, 5) is 11.9. The first-order chi connectivity index (χ1) is 7.69. The van der Waals surface area contributed by atoms with Crippen LogP contribution < -0.4 is 5.73 Å². The molecule has 0 aromatic heterocycles. The van der Waals surface area contributed by atoms with Gasteiger partial charge in [0.25, 0.3) is 0 Å². The maximum absolute atomic E-state index is 13.3. The Morgan fingerprint density at radius 1 is 1.56 bits per heavy atom. The van der Waals surface area contributed by atoms with Crippen LogP contribution in [0.3, 0.4) is 0 Å². The Kier molecular flexibility index (Phi) is 3.05. The predicted molar refractivity (Wildman–Crippen MR) is 57.0 cm³/mol. The van der Waals surface area contributed by atoms with Crippen molar-refractivity contribution < 1.29 is 13.9 Å². The fourth-order valence-electron chi connectivity index (χ4n) is 1.55. The monoisotopic (exact) mass is 224 g/mol. The molecule has 2 rings (SSSR count). The van der Waals surface area contributed by atoms with Gasteiger partial charge in [-0.25, -0.2) is 4.39 Å². The van der Waals surface area contributed by atoms with Crippen LogP contribution in [-0.4, -0.2) is 30.5 Å². The molecule has 1 aliphatic heterocycles. The molecule has 1 saturated heterocycles. The van der Waals surface area contributed by atoms with Crippen molar-refractivity contribution >= 4 is 12.1 Å². The minimum atomic E-state index is -0.355. The Balaban J connectivity index is 1.84. The molecular weight excluding hydrogens is 211 g/mol. The molecule has 16 heavy (non-hydrogen) atoms. The maximum Gasteiger partial charge on any atom is 0.209 e. The lowest BCUT2D eigenvalue weighted by molar-refractivity contribution is -0.132. The molecule has 1 fully saturated rings. The number of rotatable bonds is 4. The quantitative estimate of drug-likeness (QED) is 0.607. The van der Waals surface area contributed by atoms with Crippen molar-refractivity contribution in [1.82, 2.24) is 4.90 Å². The largest absolute Gasteiger partial charge is 0.399 e. The van der Waals surface area contributed by atoms with Crippen molar-refractivity contribution in [1.29, 1.82) is 0 Å². The van der Waals surface area contributed by atoms with Gasteiger partial charge in [-0.1, -0.05) is 6.07 Å². The Bertz CT molecular complexity index is 392. The average molecular weight is 224 g/mol. The van der Waals surface area contributed by atoms with Gasteiger partial charge >= 0.3 is 0 Å². The summed E-state index contributed by atoms with van der Waals surface area (Å²) in [6.45, 7) is 1.38. The van der Waals surface area contributed by atoms with Crippen LogP contribution in [0.5, 0.6) is 0 Å². The molecule has 5 heteroatoms. The third kappa shape index (κ3) is 2.30. The number of benzene rings is 1. The van der Waals surface area contributed by atoms with Gasteiger partial charge in [0.05, 0.1) is 12.7 Å². The summed E-state index contributed by atoms with van der Waals surface area (Å²) in [6, 6.07) is 4.53. The van der Waals surface area contributed by atoms with Gasteiger partial charge in [-0.05, 0) is 12.1 Å². The van der Waals surface area contributed by atoms with E-state index in [0.717, 1.165) is 6.41 Å². The fourth-order valence-corrected chi connectivity index (χ4v) is 1.55. The van der Waals surface area contributed by atoms with E-state index in [1.165, 1.54) is 6.07 Å². The van der Waals surface area contributed by atoms with Gasteiger partial charge in [0, 0.05) is 24.3 Å². The number of nitrogen functional groups attached to an aromatic ring is 1. The van der Waals surface area contributed by atoms with Crippen molar-refractivity contribution in [3.63, 3.8) is 0 Å². The first-order valence-electron chi connectivity index (χ1n) is 5.04. The molecule has 1 amide bonds. The third-order valence-electron chi connectivity index (χ3n) is 2.58. The van der Waals surface area contributed by atoms with Crippen molar-refractivity contribution in [2.75, 3.05) is 18.8 Å². The zero-order valence-electron chi connectivity index (χ0n) is 8.73. The molecule has 0 unspecified atom stereocenters. The van der Waals surface area contributed by atoms with E-state index in [-0.39, 0.29) is 18.5 Å². The summed E-state index contributed by atoms with van der Waals surface area (Å²) in [5.41, 5.74) is 6.32. The number of ether oxygens (including phenoxy) is 1. The summed E-state index contributed by atoms with van der Waals surface area (Å²) < 4.78 is 18.8. The molecule has 1 aromatic carbocycles. The summed E-state index contributed by atoms with van der Waals surface area (Å²) in [5, 5.41) is 0. The van der Waals surface area contributed by atoms with E-state index in [9.17, 15) is 9.18 Å².